The average molecular weight is 423 g/mol. The second-order valence-electron chi connectivity index (χ2n) is 7.23. The number of carbonyl (C=O) groups is 1. The number of benzene rings is 2. The molecule has 0 radical (unpaired) electrons. The highest BCUT2D eigenvalue weighted by Gasteiger charge is 2.23. The van der Waals surface area contributed by atoms with Gasteiger partial charge in [0.1, 0.15) is 11.1 Å². The molecule has 5 nitrogen and oxygen atoms in total. The molecule has 0 unspecified atom stereocenters. The Morgan fingerprint density at radius 2 is 1.67 bits per heavy atom. The van der Waals surface area contributed by atoms with E-state index in [0.29, 0.717) is 10.6 Å². The number of anilines is 2. The molecule has 2 heterocycles. The SMILES string of the molecule is CCN1CCN(CC)c2cc3oc(=O)c(C(=O)/C=C/c4ccc(Cl)cc4)cc3cc21. The van der Waals surface area contributed by atoms with Crippen molar-refractivity contribution in [3.05, 3.63) is 75.1 Å². The topological polar surface area (TPSA) is 53.8 Å². The highest BCUT2D eigenvalue weighted by Crippen LogP contribution is 2.36. The minimum Gasteiger partial charge on any atom is -0.422 e. The molecular weight excluding hydrogens is 400 g/mol. The molecule has 0 spiro atoms. The van der Waals surface area contributed by atoms with E-state index in [2.05, 4.69) is 23.6 Å². The lowest BCUT2D eigenvalue weighted by Gasteiger charge is -2.38. The van der Waals surface area contributed by atoms with E-state index < -0.39 is 5.63 Å². The second-order valence-corrected chi connectivity index (χ2v) is 7.67. The monoisotopic (exact) mass is 422 g/mol. The molecule has 1 aliphatic rings. The fraction of sp³-hybridized carbons (Fsp3) is 0.250. The molecule has 30 heavy (non-hydrogen) atoms. The third-order valence-corrected chi connectivity index (χ3v) is 5.73. The summed E-state index contributed by atoms with van der Waals surface area (Å²) in [5, 5.41) is 1.37. The van der Waals surface area contributed by atoms with Gasteiger partial charge < -0.3 is 14.2 Å². The molecule has 0 aliphatic carbocycles. The Balaban J connectivity index is 1.73. The van der Waals surface area contributed by atoms with Crippen molar-refractivity contribution in [3.8, 4) is 0 Å². The third kappa shape index (κ3) is 3.85. The molecular formula is C24H23ClN2O3. The molecule has 2 aromatic carbocycles. The summed E-state index contributed by atoms with van der Waals surface area (Å²) in [6, 6.07) is 12.7. The number of hydrogen-bond donors (Lipinski definition) is 0. The Labute approximate surface area is 180 Å². The minimum absolute atomic E-state index is 0.0267. The van der Waals surface area contributed by atoms with Crippen molar-refractivity contribution in [1.29, 1.82) is 0 Å². The Morgan fingerprint density at radius 1 is 1.03 bits per heavy atom. The summed E-state index contributed by atoms with van der Waals surface area (Å²) in [5.74, 6) is -0.388. The van der Waals surface area contributed by atoms with Crippen LogP contribution in [-0.4, -0.2) is 32.0 Å². The van der Waals surface area contributed by atoms with Crippen LogP contribution < -0.4 is 15.4 Å². The summed E-state index contributed by atoms with van der Waals surface area (Å²) >= 11 is 5.88. The lowest BCUT2D eigenvalue weighted by molar-refractivity contribution is 0.104. The van der Waals surface area contributed by atoms with Crippen LogP contribution in [0.1, 0.15) is 29.8 Å². The van der Waals surface area contributed by atoms with E-state index in [9.17, 15) is 9.59 Å². The number of nitrogens with zero attached hydrogens (tertiary/aromatic N) is 2. The fourth-order valence-electron chi connectivity index (χ4n) is 3.80. The van der Waals surface area contributed by atoms with Crippen molar-refractivity contribution >= 4 is 45.8 Å². The minimum atomic E-state index is -0.626. The van der Waals surface area contributed by atoms with Gasteiger partial charge in [0.25, 0.3) is 0 Å². The summed E-state index contributed by atoms with van der Waals surface area (Å²) in [5.41, 5.74) is 2.88. The van der Waals surface area contributed by atoms with Gasteiger partial charge in [0.2, 0.25) is 0 Å². The van der Waals surface area contributed by atoms with Crippen molar-refractivity contribution in [2.75, 3.05) is 36.0 Å². The number of allylic oxidation sites excluding steroid dienone is 1. The van der Waals surface area contributed by atoms with Gasteiger partial charge in [-0.05, 0) is 49.8 Å². The fourth-order valence-corrected chi connectivity index (χ4v) is 3.92. The van der Waals surface area contributed by atoms with Crippen molar-refractivity contribution < 1.29 is 9.21 Å². The lowest BCUT2D eigenvalue weighted by atomic mass is 10.1. The van der Waals surface area contributed by atoms with Gasteiger partial charge in [-0.1, -0.05) is 29.8 Å². The zero-order chi connectivity index (χ0) is 21.3. The largest absolute Gasteiger partial charge is 0.422 e. The van der Waals surface area contributed by atoms with E-state index in [1.165, 1.54) is 6.08 Å². The third-order valence-electron chi connectivity index (χ3n) is 5.48. The Bertz CT molecular complexity index is 1180. The van der Waals surface area contributed by atoms with Crippen LogP contribution in [0.25, 0.3) is 17.0 Å². The van der Waals surface area contributed by atoms with Crippen molar-refractivity contribution in [1.82, 2.24) is 0 Å². The van der Waals surface area contributed by atoms with Gasteiger partial charge in [0.05, 0.1) is 11.4 Å². The first-order chi connectivity index (χ1) is 14.5. The molecule has 0 saturated carbocycles. The number of fused-ring (bicyclic) bond motifs is 2. The first-order valence-corrected chi connectivity index (χ1v) is 10.5. The number of ketones is 1. The van der Waals surface area contributed by atoms with E-state index in [1.807, 2.05) is 12.1 Å². The summed E-state index contributed by atoms with van der Waals surface area (Å²) < 4.78 is 5.54. The van der Waals surface area contributed by atoms with Crippen LogP contribution in [0.3, 0.4) is 0 Å². The zero-order valence-electron chi connectivity index (χ0n) is 17.0. The molecule has 0 atom stereocenters. The molecule has 1 aromatic heterocycles. The molecule has 0 saturated heterocycles. The smallest absolute Gasteiger partial charge is 0.347 e. The number of likely N-dealkylation sites (N-methyl/N-ethyl adjacent to an activating group) is 2. The quantitative estimate of drug-likeness (QED) is 0.328. The molecule has 3 aromatic rings. The Morgan fingerprint density at radius 3 is 2.30 bits per heavy atom. The first-order valence-electron chi connectivity index (χ1n) is 10.1. The molecule has 0 fully saturated rings. The van der Waals surface area contributed by atoms with Crippen molar-refractivity contribution in [3.63, 3.8) is 0 Å². The van der Waals surface area contributed by atoms with Gasteiger partial charge in [-0.2, -0.15) is 0 Å². The van der Waals surface area contributed by atoms with E-state index in [1.54, 1.807) is 36.4 Å². The zero-order valence-corrected chi connectivity index (χ0v) is 17.8. The van der Waals surface area contributed by atoms with Gasteiger partial charge in [-0.3, -0.25) is 4.79 Å². The van der Waals surface area contributed by atoms with Crippen LogP contribution in [-0.2, 0) is 0 Å². The summed E-state index contributed by atoms with van der Waals surface area (Å²) in [6.07, 6.45) is 3.05. The highest BCUT2D eigenvalue weighted by molar-refractivity contribution is 6.30. The van der Waals surface area contributed by atoms with Gasteiger partial charge in [0, 0.05) is 42.7 Å². The van der Waals surface area contributed by atoms with Crippen molar-refractivity contribution in [2.45, 2.75) is 13.8 Å². The molecule has 0 bridgehead atoms. The molecule has 0 amide bonds. The number of halogens is 1. The average Bonchev–Trinajstić information content (AvgIpc) is 2.76. The lowest BCUT2D eigenvalue weighted by Crippen LogP contribution is -2.40. The van der Waals surface area contributed by atoms with Gasteiger partial charge in [-0.25, -0.2) is 4.79 Å². The van der Waals surface area contributed by atoms with E-state index in [-0.39, 0.29) is 11.3 Å². The van der Waals surface area contributed by atoms with E-state index >= 15 is 0 Å². The van der Waals surface area contributed by atoms with Crippen LogP contribution in [0.2, 0.25) is 5.02 Å². The molecule has 0 N–H and O–H groups in total. The molecule has 4 rings (SSSR count). The second kappa shape index (κ2) is 8.36. The van der Waals surface area contributed by atoms with Crippen LogP contribution in [0.4, 0.5) is 11.4 Å². The normalized spacial score (nSPS) is 13.8. The standard InChI is InChI=1S/C24H23ClN2O3/c1-3-26-11-12-27(4-2)21-15-23-17(14-20(21)26)13-19(24(29)30-23)22(28)10-7-16-5-8-18(25)9-6-16/h5-10,13-15H,3-4,11-12H2,1-2H3/b10-7+. The van der Waals surface area contributed by atoms with Crippen LogP contribution in [0, 0.1) is 0 Å². The number of carbonyl (C=O) groups excluding carboxylic acids is 1. The number of hydrogen-bond acceptors (Lipinski definition) is 5. The maximum Gasteiger partial charge on any atom is 0.347 e. The maximum atomic E-state index is 12.7. The molecule has 6 heteroatoms. The summed E-state index contributed by atoms with van der Waals surface area (Å²) in [6.45, 7) is 7.88. The van der Waals surface area contributed by atoms with E-state index in [0.717, 1.165) is 48.5 Å². The maximum absolute atomic E-state index is 12.7. The van der Waals surface area contributed by atoms with Gasteiger partial charge >= 0.3 is 5.63 Å². The highest BCUT2D eigenvalue weighted by atomic mass is 35.5. The summed E-state index contributed by atoms with van der Waals surface area (Å²) in [7, 11) is 0. The van der Waals surface area contributed by atoms with Crippen LogP contribution in [0.15, 0.2) is 57.8 Å². The number of rotatable bonds is 5. The summed E-state index contributed by atoms with van der Waals surface area (Å²) in [4.78, 5) is 29.7. The first kappa shape index (κ1) is 20.2. The predicted octanol–water partition coefficient (Wildman–Crippen LogP) is 5.01. The van der Waals surface area contributed by atoms with E-state index in [4.69, 9.17) is 16.0 Å². The molecule has 1 aliphatic heterocycles. The van der Waals surface area contributed by atoms with Gasteiger partial charge in [0.15, 0.2) is 5.78 Å². The van der Waals surface area contributed by atoms with Crippen molar-refractivity contribution in [2.24, 2.45) is 0 Å². The van der Waals surface area contributed by atoms with Gasteiger partial charge in [-0.15, -0.1) is 0 Å². The predicted molar refractivity (Wildman–Crippen MR) is 123 cm³/mol. The van der Waals surface area contributed by atoms with Crippen LogP contribution >= 0.6 is 11.6 Å². The Kier molecular flexibility index (Phi) is 5.64. The molecule has 154 valence electrons. The Hall–Kier alpha value is -3.05. The van der Waals surface area contributed by atoms with Crippen LogP contribution in [0.5, 0.6) is 0 Å².